The molecule has 6 rings (SSSR count). The molecule has 6 aliphatic rings. The second-order valence-electron chi connectivity index (χ2n) is 15.3. The molecule has 0 unspecified atom stereocenters. The highest BCUT2D eigenvalue weighted by Gasteiger charge is 2.52. The number of allylic oxidation sites excluding steroid dienone is 6. The maximum atomic E-state index is 10.2. The first-order valence-corrected chi connectivity index (χ1v) is 24.5. The van der Waals surface area contributed by atoms with Crippen LogP contribution in [0.3, 0.4) is 0 Å². The van der Waals surface area contributed by atoms with E-state index in [1.165, 1.54) is 10.4 Å². The van der Waals surface area contributed by atoms with Crippen molar-refractivity contribution in [3.63, 3.8) is 0 Å². The van der Waals surface area contributed by atoms with Crippen molar-refractivity contribution >= 4 is 25.0 Å². The molecule has 1 N–H and O–H groups in total. The van der Waals surface area contributed by atoms with Gasteiger partial charge in [-0.15, -0.1) is 0 Å². The van der Waals surface area contributed by atoms with Crippen molar-refractivity contribution in [1.29, 1.82) is 0 Å². The van der Waals surface area contributed by atoms with Crippen molar-refractivity contribution < 1.29 is 37.3 Å². The van der Waals surface area contributed by atoms with Crippen molar-refractivity contribution in [1.82, 2.24) is 0 Å². The molecule has 0 bridgehead atoms. The third-order valence-corrected chi connectivity index (χ3v) is 18.3. The van der Waals surface area contributed by atoms with Crippen LogP contribution in [0.2, 0.25) is 39.3 Å². The summed E-state index contributed by atoms with van der Waals surface area (Å²) in [6.45, 7) is 24.6. The molecule has 0 amide bonds. The standard InChI is InChI=1S/C22H34O5Si2.C11H18O3Si/c1-21(2)23-15-11-9-13-17(19(15)25-21)28(5,6)27-29(7,8)18-14-10-12-16-20(18)26-22(3,4)24-16;1-11(2)13-8-6-5-7-9(10(8)14-11)15(3,4)12/h9-16,19-20H,1-8H3;5-8,10,12H,1-4H3/t15-,16-,19-,20-;8-,10-/m00/s1. The lowest BCUT2D eigenvalue weighted by Crippen LogP contribution is -2.53. The van der Waals surface area contributed by atoms with Gasteiger partial charge < -0.3 is 37.3 Å². The summed E-state index contributed by atoms with van der Waals surface area (Å²) < 4.78 is 43.3. The fourth-order valence-corrected chi connectivity index (χ4v) is 17.3. The molecule has 6 atom stereocenters. The largest absolute Gasteiger partial charge is 0.449 e. The van der Waals surface area contributed by atoms with Crippen LogP contribution in [-0.4, -0.2) is 83.7 Å². The van der Waals surface area contributed by atoms with E-state index < -0.39 is 42.3 Å². The van der Waals surface area contributed by atoms with Crippen LogP contribution in [0.15, 0.2) is 70.3 Å². The molecule has 0 radical (unpaired) electrons. The molecule has 3 aliphatic heterocycles. The molecule has 244 valence electrons. The normalized spacial score (nSPS) is 34.7. The minimum absolute atomic E-state index is 0.0427. The summed E-state index contributed by atoms with van der Waals surface area (Å²) in [7, 11) is -6.79. The average molecular weight is 661 g/mol. The molecular weight excluding hydrogens is 609 g/mol. The highest BCUT2D eigenvalue weighted by molar-refractivity contribution is 6.91. The van der Waals surface area contributed by atoms with Gasteiger partial charge in [-0.25, -0.2) is 0 Å². The number of ether oxygens (including phenoxy) is 6. The Balaban J connectivity index is 0.000000215. The van der Waals surface area contributed by atoms with Crippen molar-refractivity contribution in [2.24, 2.45) is 0 Å². The van der Waals surface area contributed by atoms with Crippen LogP contribution in [0.4, 0.5) is 0 Å². The van der Waals surface area contributed by atoms with E-state index in [1.54, 1.807) is 0 Å². The Labute approximate surface area is 266 Å². The topological polar surface area (TPSA) is 84.8 Å². The maximum absolute atomic E-state index is 10.2. The molecule has 0 aromatic carbocycles. The second kappa shape index (κ2) is 11.5. The molecule has 3 fully saturated rings. The van der Waals surface area contributed by atoms with Crippen LogP contribution < -0.4 is 0 Å². The third kappa shape index (κ3) is 7.18. The van der Waals surface area contributed by atoms with E-state index in [0.29, 0.717) is 0 Å². The van der Waals surface area contributed by atoms with Crippen molar-refractivity contribution in [2.75, 3.05) is 0 Å². The summed E-state index contributed by atoms with van der Waals surface area (Å²) in [5.74, 6) is -1.71. The van der Waals surface area contributed by atoms with Crippen LogP contribution in [0, 0.1) is 0 Å². The zero-order valence-corrected chi connectivity index (χ0v) is 31.5. The number of rotatable bonds is 5. The van der Waals surface area contributed by atoms with Gasteiger partial charge in [-0.2, -0.15) is 0 Å². The highest BCUT2D eigenvalue weighted by Crippen LogP contribution is 2.43. The van der Waals surface area contributed by atoms with Gasteiger partial charge in [0.1, 0.15) is 36.6 Å². The Morgan fingerprint density at radius 3 is 1.14 bits per heavy atom. The quantitative estimate of drug-likeness (QED) is 0.346. The van der Waals surface area contributed by atoms with Crippen LogP contribution in [0.1, 0.15) is 41.5 Å². The summed E-state index contributed by atoms with van der Waals surface area (Å²) in [4.78, 5) is 10.2. The lowest BCUT2D eigenvalue weighted by molar-refractivity contribution is -0.139. The van der Waals surface area contributed by atoms with Gasteiger partial charge in [-0.1, -0.05) is 54.7 Å². The number of hydrogen-bond donors (Lipinski definition) is 1. The Hall–Kier alpha value is -1.23. The summed E-state index contributed by atoms with van der Waals surface area (Å²) in [5.41, 5.74) is 0. The van der Waals surface area contributed by atoms with Crippen LogP contribution >= 0.6 is 0 Å². The predicted octanol–water partition coefficient (Wildman–Crippen LogP) is 6.26. The van der Waals surface area contributed by atoms with Crippen molar-refractivity contribution in [2.45, 2.75) is 135 Å². The highest BCUT2D eigenvalue weighted by atomic mass is 28.4. The average Bonchev–Trinajstić information content (AvgIpc) is 3.47. The fraction of sp³-hybridized carbons (Fsp3) is 0.636. The molecule has 0 aromatic rings. The van der Waals surface area contributed by atoms with Gasteiger partial charge in [0.2, 0.25) is 25.0 Å². The molecule has 8 nitrogen and oxygen atoms in total. The van der Waals surface area contributed by atoms with E-state index in [2.05, 4.69) is 62.6 Å². The Morgan fingerprint density at radius 1 is 0.523 bits per heavy atom. The first kappa shape index (κ1) is 34.1. The first-order chi connectivity index (χ1) is 20.1. The van der Waals surface area contributed by atoms with Crippen molar-refractivity contribution in [3.05, 3.63) is 70.3 Å². The predicted molar refractivity (Wildman–Crippen MR) is 179 cm³/mol. The van der Waals surface area contributed by atoms with Crippen LogP contribution in [0.5, 0.6) is 0 Å². The SMILES string of the molecule is CC1(C)O[C@H]2C=CC=C([Si](C)(C)O)[C@H]2O1.CC1(C)O[C@H]2C=CC=C([Si](C)(C)O[Si](C)(C)C3=CC=C[C@@H]4OC(C)(C)O[C@H]34)[C@H]2O1. The minimum atomic E-state index is -2.30. The molecule has 11 heteroatoms. The van der Waals surface area contributed by atoms with Gasteiger partial charge in [-0.3, -0.25) is 0 Å². The zero-order chi connectivity index (χ0) is 32.5. The monoisotopic (exact) mass is 660 g/mol. The van der Waals surface area contributed by atoms with E-state index >= 15 is 0 Å². The Kier molecular flexibility index (Phi) is 8.90. The molecular formula is C33H52O8Si3. The number of hydrogen-bond acceptors (Lipinski definition) is 8. The Bertz CT molecular complexity index is 1250. The van der Waals surface area contributed by atoms with E-state index in [1.807, 2.05) is 72.9 Å². The fourth-order valence-electron chi connectivity index (χ4n) is 7.00. The lowest BCUT2D eigenvalue weighted by atomic mass is 10.1. The van der Waals surface area contributed by atoms with Gasteiger partial charge in [0.15, 0.2) is 17.4 Å². The van der Waals surface area contributed by atoms with Gasteiger partial charge in [0, 0.05) is 0 Å². The van der Waals surface area contributed by atoms with E-state index in [9.17, 15) is 4.80 Å². The summed E-state index contributed by atoms with van der Waals surface area (Å²) in [6, 6.07) is 0. The number of fused-ring (bicyclic) bond motifs is 3. The summed E-state index contributed by atoms with van der Waals surface area (Å²) in [6.07, 6.45) is 18.2. The maximum Gasteiger partial charge on any atom is 0.212 e. The van der Waals surface area contributed by atoms with E-state index in [-0.39, 0.29) is 36.6 Å². The molecule has 3 aliphatic carbocycles. The smallest absolute Gasteiger partial charge is 0.212 e. The molecule has 0 saturated carbocycles. The van der Waals surface area contributed by atoms with Gasteiger partial charge in [0.25, 0.3) is 0 Å². The molecule has 44 heavy (non-hydrogen) atoms. The van der Waals surface area contributed by atoms with E-state index in [0.717, 1.165) is 5.20 Å². The van der Waals surface area contributed by atoms with Crippen molar-refractivity contribution in [3.8, 4) is 0 Å². The second-order valence-corrected chi connectivity index (χ2v) is 27.0. The first-order valence-electron chi connectivity index (χ1n) is 15.8. The molecule has 3 heterocycles. The molecule has 3 saturated heterocycles. The summed E-state index contributed by atoms with van der Waals surface area (Å²) >= 11 is 0. The lowest BCUT2D eigenvalue weighted by Gasteiger charge is -2.41. The molecule has 0 aromatic heterocycles. The van der Waals surface area contributed by atoms with Crippen LogP contribution in [-0.2, 0) is 32.5 Å². The summed E-state index contributed by atoms with van der Waals surface area (Å²) in [5, 5.41) is 3.52. The van der Waals surface area contributed by atoms with Gasteiger partial charge >= 0.3 is 0 Å². The van der Waals surface area contributed by atoms with Crippen LogP contribution in [0.25, 0.3) is 0 Å². The van der Waals surface area contributed by atoms with E-state index in [4.69, 9.17) is 32.5 Å². The van der Waals surface area contributed by atoms with Gasteiger partial charge in [-0.05, 0) is 96.4 Å². The third-order valence-electron chi connectivity index (χ3n) is 8.64. The molecule has 0 spiro atoms. The Morgan fingerprint density at radius 2 is 0.818 bits per heavy atom. The van der Waals surface area contributed by atoms with Gasteiger partial charge in [0.05, 0.1) is 0 Å². The zero-order valence-electron chi connectivity index (χ0n) is 28.5. The minimum Gasteiger partial charge on any atom is -0.449 e.